The first-order chi connectivity index (χ1) is 7.37. The Labute approximate surface area is 96.9 Å². The Morgan fingerprint density at radius 1 is 1.19 bits per heavy atom. The first-order valence-corrected chi connectivity index (χ1v) is 5.34. The van der Waals surface area contributed by atoms with Crippen LogP contribution in [0.1, 0.15) is 31.9 Å². The van der Waals surface area contributed by atoms with E-state index >= 15 is 0 Å². The summed E-state index contributed by atoms with van der Waals surface area (Å²) < 4.78 is 5.16. The Morgan fingerprint density at radius 2 is 1.75 bits per heavy atom. The molecule has 0 radical (unpaired) electrons. The second kappa shape index (κ2) is 4.97. The van der Waals surface area contributed by atoms with Gasteiger partial charge in [0.05, 0.1) is 0 Å². The molecule has 0 aliphatic heterocycles. The van der Waals surface area contributed by atoms with Crippen LogP contribution in [0.2, 0.25) is 0 Å². The molecule has 2 nitrogen and oxygen atoms in total. The van der Waals surface area contributed by atoms with E-state index in [1.165, 1.54) is 11.6 Å². The predicted octanol–water partition coefficient (Wildman–Crippen LogP) is 3.35. The van der Waals surface area contributed by atoms with Gasteiger partial charge >= 0.3 is 5.97 Å². The van der Waals surface area contributed by atoms with Crippen LogP contribution in [-0.4, -0.2) is 11.6 Å². The van der Waals surface area contributed by atoms with Crippen molar-refractivity contribution in [3.63, 3.8) is 0 Å². The van der Waals surface area contributed by atoms with Gasteiger partial charge in [0.1, 0.15) is 5.60 Å². The zero-order valence-electron chi connectivity index (χ0n) is 10.3. The van der Waals surface area contributed by atoms with E-state index in [0.29, 0.717) is 0 Å². The maximum atomic E-state index is 11.4. The van der Waals surface area contributed by atoms with E-state index in [1.807, 2.05) is 52.0 Å². The number of esters is 1. The molecule has 1 aromatic carbocycles. The lowest BCUT2D eigenvalue weighted by Gasteiger charge is -2.17. The summed E-state index contributed by atoms with van der Waals surface area (Å²) >= 11 is 0. The van der Waals surface area contributed by atoms with E-state index in [9.17, 15) is 4.79 Å². The maximum absolute atomic E-state index is 11.4. The molecule has 0 N–H and O–H groups in total. The third-order valence-electron chi connectivity index (χ3n) is 1.90. The van der Waals surface area contributed by atoms with Gasteiger partial charge < -0.3 is 4.74 Å². The van der Waals surface area contributed by atoms with Crippen molar-refractivity contribution in [2.75, 3.05) is 0 Å². The quantitative estimate of drug-likeness (QED) is 0.562. The molecule has 1 aromatic rings. The topological polar surface area (TPSA) is 26.3 Å². The van der Waals surface area contributed by atoms with Gasteiger partial charge in [-0.3, -0.25) is 0 Å². The summed E-state index contributed by atoms with van der Waals surface area (Å²) in [6, 6.07) is 7.95. The van der Waals surface area contributed by atoms with E-state index in [4.69, 9.17) is 4.74 Å². The summed E-state index contributed by atoms with van der Waals surface area (Å²) in [5, 5.41) is 0. The van der Waals surface area contributed by atoms with Gasteiger partial charge in [-0.1, -0.05) is 29.8 Å². The average Bonchev–Trinajstić information content (AvgIpc) is 2.14. The molecular formula is C14H18O2. The Kier molecular flexibility index (Phi) is 3.88. The van der Waals surface area contributed by atoms with Gasteiger partial charge in [-0.05, 0) is 39.3 Å². The monoisotopic (exact) mass is 218 g/mol. The highest BCUT2D eigenvalue weighted by molar-refractivity contribution is 5.87. The molecule has 0 unspecified atom stereocenters. The molecule has 86 valence electrons. The van der Waals surface area contributed by atoms with Gasteiger partial charge in [-0.15, -0.1) is 0 Å². The van der Waals surface area contributed by atoms with Crippen molar-refractivity contribution in [2.45, 2.75) is 33.3 Å². The highest BCUT2D eigenvalue weighted by Crippen LogP contribution is 2.09. The average molecular weight is 218 g/mol. The van der Waals surface area contributed by atoms with Crippen LogP contribution in [0.3, 0.4) is 0 Å². The van der Waals surface area contributed by atoms with Crippen molar-refractivity contribution in [3.8, 4) is 0 Å². The summed E-state index contributed by atoms with van der Waals surface area (Å²) in [5.74, 6) is -0.312. The standard InChI is InChI=1S/C14H18O2/c1-11-5-7-12(8-6-11)9-10-13(15)16-14(2,3)4/h5-10H,1-4H3. The van der Waals surface area contributed by atoms with Gasteiger partial charge in [-0.25, -0.2) is 4.79 Å². The molecule has 0 bridgehead atoms. The lowest BCUT2D eigenvalue weighted by molar-refractivity contribution is -0.148. The largest absolute Gasteiger partial charge is 0.457 e. The van der Waals surface area contributed by atoms with Crippen LogP contribution >= 0.6 is 0 Å². The molecule has 0 heterocycles. The lowest BCUT2D eigenvalue weighted by Crippen LogP contribution is -2.22. The van der Waals surface area contributed by atoms with E-state index in [2.05, 4.69) is 0 Å². The molecular weight excluding hydrogens is 200 g/mol. The summed E-state index contributed by atoms with van der Waals surface area (Å²) in [6.45, 7) is 7.58. The molecule has 0 saturated heterocycles. The SMILES string of the molecule is Cc1ccc(C=CC(=O)OC(C)(C)C)cc1. The van der Waals surface area contributed by atoms with Crippen LogP contribution in [0.4, 0.5) is 0 Å². The van der Waals surface area contributed by atoms with Crippen LogP contribution < -0.4 is 0 Å². The van der Waals surface area contributed by atoms with Crippen molar-refractivity contribution in [2.24, 2.45) is 0 Å². The van der Waals surface area contributed by atoms with Crippen LogP contribution in [0, 0.1) is 6.92 Å². The van der Waals surface area contributed by atoms with Gasteiger partial charge in [0.25, 0.3) is 0 Å². The summed E-state index contributed by atoms with van der Waals surface area (Å²) in [5.41, 5.74) is 1.76. The third-order valence-corrected chi connectivity index (χ3v) is 1.90. The number of benzene rings is 1. The minimum absolute atomic E-state index is 0.312. The minimum Gasteiger partial charge on any atom is -0.457 e. The fraction of sp³-hybridized carbons (Fsp3) is 0.357. The zero-order valence-corrected chi connectivity index (χ0v) is 10.3. The molecule has 0 atom stereocenters. The number of carbonyl (C=O) groups excluding carboxylic acids is 1. The second-order valence-electron chi connectivity index (χ2n) is 4.78. The first-order valence-electron chi connectivity index (χ1n) is 5.34. The first kappa shape index (κ1) is 12.5. The zero-order chi connectivity index (χ0) is 12.2. The summed E-state index contributed by atoms with van der Waals surface area (Å²) in [6.07, 6.45) is 3.21. The fourth-order valence-electron chi connectivity index (χ4n) is 1.18. The highest BCUT2D eigenvalue weighted by atomic mass is 16.6. The van der Waals surface area contributed by atoms with Crippen molar-refractivity contribution >= 4 is 12.0 Å². The van der Waals surface area contributed by atoms with E-state index in [-0.39, 0.29) is 5.97 Å². The van der Waals surface area contributed by atoms with Crippen LogP contribution in [0.5, 0.6) is 0 Å². The summed E-state index contributed by atoms with van der Waals surface area (Å²) in [4.78, 5) is 11.4. The number of hydrogen-bond acceptors (Lipinski definition) is 2. The van der Waals surface area contributed by atoms with Gasteiger partial charge in [-0.2, -0.15) is 0 Å². The van der Waals surface area contributed by atoms with Gasteiger partial charge in [0.15, 0.2) is 0 Å². The predicted molar refractivity (Wildman–Crippen MR) is 66.1 cm³/mol. The summed E-state index contributed by atoms with van der Waals surface area (Å²) in [7, 11) is 0. The molecule has 16 heavy (non-hydrogen) atoms. The van der Waals surface area contributed by atoms with Crippen LogP contribution in [-0.2, 0) is 9.53 Å². The molecule has 1 rings (SSSR count). The van der Waals surface area contributed by atoms with Gasteiger partial charge in [0, 0.05) is 6.08 Å². The van der Waals surface area contributed by atoms with E-state index < -0.39 is 5.60 Å². The van der Waals surface area contributed by atoms with E-state index in [1.54, 1.807) is 6.08 Å². The molecule has 0 aliphatic rings. The van der Waals surface area contributed by atoms with E-state index in [0.717, 1.165) is 5.56 Å². The minimum atomic E-state index is -0.436. The smallest absolute Gasteiger partial charge is 0.331 e. The molecule has 0 aliphatic carbocycles. The van der Waals surface area contributed by atoms with Crippen molar-refractivity contribution in [1.82, 2.24) is 0 Å². The molecule has 2 heteroatoms. The normalized spacial score (nSPS) is 11.8. The number of carbonyl (C=O) groups is 1. The number of ether oxygens (including phenoxy) is 1. The Hall–Kier alpha value is -1.57. The molecule has 0 saturated carbocycles. The van der Waals surface area contributed by atoms with Crippen molar-refractivity contribution < 1.29 is 9.53 Å². The molecule has 0 fully saturated rings. The Morgan fingerprint density at radius 3 is 2.25 bits per heavy atom. The molecule has 0 amide bonds. The Bertz CT molecular complexity index is 380. The molecule has 0 spiro atoms. The van der Waals surface area contributed by atoms with Gasteiger partial charge in [0.2, 0.25) is 0 Å². The molecule has 0 aromatic heterocycles. The van der Waals surface area contributed by atoms with Crippen LogP contribution in [0.25, 0.3) is 6.08 Å². The number of rotatable bonds is 2. The van der Waals surface area contributed by atoms with Crippen molar-refractivity contribution in [3.05, 3.63) is 41.5 Å². The number of aryl methyl sites for hydroxylation is 1. The Balaban J connectivity index is 2.60. The van der Waals surface area contributed by atoms with Crippen LogP contribution in [0.15, 0.2) is 30.3 Å². The number of hydrogen-bond donors (Lipinski definition) is 0. The van der Waals surface area contributed by atoms with Crippen molar-refractivity contribution in [1.29, 1.82) is 0 Å². The third kappa shape index (κ3) is 4.78. The highest BCUT2D eigenvalue weighted by Gasteiger charge is 2.13. The second-order valence-corrected chi connectivity index (χ2v) is 4.78. The maximum Gasteiger partial charge on any atom is 0.331 e. The fourth-order valence-corrected chi connectivity index (χ4v) is 1.18. The lowest BCUT2D eigenvalue weighted by atomic mass is 10.1.